The first-order chi connectivity index (χ1) is 7.81. The van der Waals surface area contributed by atoms with Crippen molar-refractivity contribution in [3.05, 3.63) is 29.3 Å². The fraction of sp³-hybridized carbons (Fsp3) is 0.571. The number of benzene rings is 1. The minimum absolute atomic E-state index is 0.562. The molecule has 88 valence electrons. The fourth-order valence-electron chi connectivity index (χ4n) is 2.50. The number of anilines is 1. The summed E-state index contributed by atoms with van der Waals surface area (Å²) in [5, 5.41) is 3.65. The molecule has 0 amide bonds. The molecule has 0 saturated carbocycles. The molecular weight excluding hydrogens is 196 g/mol. The molecule has 1 unspecified atom stereocenters. The van der Waals surface area contributed by atoms with Gasteiger partial charge in [0.2, 0.25) is 0 Å². The summed E-state index contributed by atoms with van der Waals surface area (Å²) in [5.41, 5.74) is 9.59. The van der Waals surface area contributed by atoms with Crippen LogP contribution in [0.25, 0.3) is 0 Å². The summed E-state index contributed by atoms with van der Waals surface area (Å²) in [4.78, 5) is 0. The molecule has 0 saturated heterocycles. The molecule has 0 fully saturated rings. The van der Waals surface area contributed by atoms with Crippen LogP contribution in [0.4, 0.5) is 5.69 Å². The summed E-state index contributed by atoms with van der Waals surface area (Å²) >= 11 is 0. The molecule has 0 spiro atoms. The van der Waals surface area contributed by atoms with Crippen LogP contribution < -0.4 is 11.1 Å². The van der Waals surface area contributed by atoms with Gasteiger partial charge in [-0.05, 0) is 49.1 Å². The number of nitrogens with two attached hydrogens (primary N) is 1. The lowest BCUT2D eigenvalue weighted by Crippen LogP contribution is -2.20. The first-order valence-electron chi connectivity index (χ1n) is 6.43. The Morgan fingerprint density at radius 1 is 1.38 bits per heavy atom. The van der Waals surface area contributed by atoms with Crippen LogP contribution in [0.15, 0.2) is 18.2 Å². The number of nitrogen functional groups attached to an aromatic ring is 1. The summed E-state index contributed by atoms with van der Waals surface area (Å²) in [6, 6.07) is 6.90. The predicted octanol–water partition coefficient (Wildman–Crippen LogP) is 3.04. The molecule has 2 nitrogen and oxygen atoms in total. The van der Waals surface area contributed by atoms with Crippen molar-refractivity contribution in [2.45, 2.75) is 45.1 Å². The van der Waals surface area contributed by atoms with Gasteiger partial charge in [-0.3, -0.25) is 0 Å². The van der Waals surface area contributed by atoms with E-state index in [2.05, 4.69) is 24.4 Å². The van der Waals surface area contributed by atoms with Gasteiger partial charge in [0.05, 0.1) is 0 Å². The number of unbranched alkanes of at least 4 members (excludes halogenated alkanes) is 2. The molecule has 3 N–H and O–H groups in total. The highest BCUT2D eigenvalue weighted by atomic mass is 14.9. The molecule has 1 aliphatic rings. The highest BCUT2D eigenvalue weighted by Crippen LogP contribution is 2.32. The molecule has 0 heterocycles. The van der Waals surface area contributed by atoms with Crippen LogP contribution in [0.1, 0.15) is 49.8 Å². The van der Waals surface area contributed by atoms with Gasteiger partial charge in [-0.15, -0.1) is 0 Å². The third kappa shape index (κ3) is 2.56. The van der Waals surface area contributed by atoms with Crippen molar-refractivity contribution >= 4 is 5.69 Å². The number of hydrogen-bond acceptors (Lipinski definition) is 2. The standard InChI is InChI=1S/C14H22N2/c1-2-3-4-9-16-14-8-5-11-10-12(15)6-7-13(11)14/h6-7,10,14,16H,2-5,8-9,15H2,1H3. The zero-order chi connectivity index (χ0) is 11.4. The third-order valence-corrected chi connectivity index (χ3v) is 3.42. The largest absolute Gasteiger partial charge is 0.399 e. The van der Waals surface area contributed by atoms with Crippen LogP contribution in [-0.4, -0.2) is 6.54 Å². The average molecular weight is 218 g/mol. The Kier molecular flexibility index (Phi) is 3.83. The van der Waals surface area contributed by atoms with Crippen LogP contribution in [0, 0.1) is 0 Å². The minimum Gasteiger partial charge on any atom is -0.399 e. The zero-order valence-electron chi connectivity index (χ0n) is 10.1. The van der Waals surface area contributed by atoms with Gasteiger partial charge in [0.15, 0.2) is 0 Å². The quantitative estimate of drug-likeness (QED) is 0.589. The van der Waals surface area contributed by atoms with Crippen molar-refractivity contribution in [1.29, 1.82) is 0 Å². The molecule has 16 heavy (non-hydrogen) atoms. The summed E-state index contributed by atoms with van der Waals surface area (Å²) < 4.78 is 0. The molecule has 0 aromatic heterocycles. The van der Waals surface area contributed by atoms with Crippen molar-refractivity contribution in [2.24, 2.45) is 0 Å². The SMILES string of the molecule is CCCCCNC1CCc2cc(N)ccc21. The molecule has 2 rings (SSSR count). The smallest absolute Gasteiger partial charge is 0.0326 e. The summed E-state index contributed by atoms with van der Waals surface area (Å²) in [6.45, 7) is 3.38. The third-order valence-electron chi connectivity index (χ3n) is 3.42. The van der Waals surface area contributed by atoms with E-state index in [9.17, 15) is 0 Å². The lowest BCUT2D eigenvalue weighted by Gasteiger charge is -2.13. The van der Waals surface area contributed by atoms with Crippen molar-refractivity contribution in [3.8, 4) is 0 Å². The second-order valence-corrected chi connectivity index (χ2v) is 4.71. The van der Waals surface area contributed by atoms with Gasteiger partial charge >= 0.3 is 0 Å². The van der Waals surface area contributed by atoms with E-state index >= 15 is 0 Å². The molecule has 0 radical (unpaired) electrons. The van der Waals surface area contributed by atoms with Crippen molar-refractivity contribution in [3.63, 3.8) is 0 Å². The Bertz CT molecular complexity index is 347. The Morgan fingerprint density at radius 3 is 3.06 bits per heavy atom. The highest BCUT2D eigenvalue weighted by molar-refractivity contribution is 5.47. The van der Waals surface area contributed by atoms with Crippen LogP contribution in [0.5, 0.6) is 0 Å². The Hall–Kier alpha value is -1.02. The molecule has 1 aromatic carbocycles. The normalized spacial score (nSPS) is 18.7. The molecule has 1 aliphatic carbocycles. The van der Waals surface area contributed by atoms with E-state index < -0.39 is 0 Å². The Labute approximate surface area is 98.2 Å². The van der Waals surface area contributed by atoms with Crippen molar-refractivity contribution in [2.75, 3.05) is 12.3 Å². The molecule has 2 heteroatoms. The highest BCUT2D eigenvalue weighted by Gasteiger charge is 2.21. The number of nitrogens with one attached hydrogen (secondary N) is 1. The van der Waals surface area contributed by atoms with Crippen LogP contribution in [0.3, 0.4) is 0 Å². The Balaban J connectivity index is 1.91. The van der Waals surface area contributed by atoms with E-state index in [1.165, 1.54) is 43.2 Å². The number of aryl methyl sites for hydroxylation is 1. The maximum absolute atomic E-state index is 5.80. The molecule has 1 atom stereocenters. The van der Waals surface area contributed by atoms with Crippen LogP contribution in [-0.2, 0) is 6.42 Å². The van der Waals surface area contributed by atoms with E-state index in [0.717, 1.165) is 12.2 Å². The van der Waals surface area contributed by atoms with E-state index in [1.807, 2.05) is 6.07 Å². The first-order valence-corrected chi connectivity index (χ1v) is 6.43. The predicted molar refractivity (Wildman–Crippen MR) is 69.4 cm³/mol. The number of hydrogen-bond donors (Lipinski definition) is 2. The first kappa shape index (κ1) is 11.5. The molecule has 1 aromatic rings. The zero-order valence-corrected chi connectivity index (χ0v) is 10.1. The number of fused-ring (bicyclic) bond motifs is 1. The van der Waals surface area contributed by atoms with Crippen molar-refractivity contribution in [1.82, 2.24) is 5.32 Å². The van der Waals surface area contributed by atoms with Gasteiger partial charge in [0.1, 0.15) is 0 Å². The second kappa shape index (κ2) is 5.35. The van der Waals surface area contributed by atoms with Gasteiger partial charge in [0, 0.05) is 11.7 Å². The lowest BCUT2D eigenvalue weighted by atomic mass is 10.1. The molecule has 0 aliphatic heterocycles. The monoisotopic (exact) mass is 218 g/mol. The summed E-state index contributed by atoms with van der Waals surface area (Å²) in [5.74, 6) is 0. The van der Waals surface area contributed by atoms with Gasteiger partial charge in [-0.2, -0.15) is 0 Å². The van der Waals surface area contributed by atoms with Gasteiger partial charge in [-0.1, -0.05) is 25.8 Å². The van der Waals surface area contributed by atoms with E-state index in [0.29, 0.717) is 6.04 Å². The summed E-state index contributed by atoms with van der Waals surface area (Å²) in [7, 11) is 0. The number of rotatable bonds is 5. The van der Waals surface area contributed by atoms with E-state index in [-0.39, 0.29) is 0 Å². The maximum Gasteiger partial charge on any atom is 0.0326 e. The van der Waals surface area contributed by atoms with Gasteiger partial charge in [0.25, 0.3) is 0 Å². The molecule has 0 bridgehead atoms. The maximum atomic E-state index is 5.80. The minimum atomic E-state index is 0.562. The Morgan fingerprint density at radius 2 is 2.25 bits per heavy atom. The summed E-state index contributed by atoms with van der Waals surface area (Å²) in [6.07, 6.45) is 6.31. The van der Waals surface area contributed by atoms with Crippen LogP contribution in [0.2, 0.25) is 0 Å². The second-order valence-electron chi connectivity index (χ2n) is 4.71. The fourth-order valence-corrected chi connectivity index (χ4v) is 2.50. The van der Waals surface area contributed by atoms with Crippen molar-refractivity contribution < 1.29 is 0 Å². The molecular formula is C14H22N2. The lowest BCUT2D eigenvalue weighted by molar-refractivity contribution is 0.511. The van der Waals surface area contributed by atoms with Gasteiger partial charge in [-0.25, -0.2) is 0 Å². The van der Waals surface area contributed by atoms with E-state index in [4.69, 9.17) is 5.73 Å². The van der Waals surface area contributed by atoms with Gasteiger partial charge < -0.3 is 11.1 Å². The topological polar surface area (TPSA) is 38.0 Å². The average Bonchev–Trinajstić information content (AvgIpc) is 2.67. The van der Waals surface area contributed by atoms with E-state index in [1.54, 1.807) is 0 Å². The van der Waals surface area contributed by atoms with Crippen LogP contribution >= 0.6 is 0 Å².